The van der Waals surface area contributed by atoms with Gasteiger partial charge in [-0.15, -0.1) is 0 Å². The van der Waals surface area contributed by atoms with E-state index in [1.807, 2.05) is 24.3 Å². The van der Waals surface area contributed by atoms with Crippen molar-refractivity contribution in [1.82, 2.24) is 9.97 Å². The van der Waals surface area contributed by atoms with E-state index in [-0.39, 0.29) is 0 Å². The van der Waals surface area contributed by atoms with Crippen LogP contribution in [0.2, 0.25) is 0 Å². The molecule has 3 aromatic rings. The van der Waals surface area contributed by atoms with Crippen molar-refractivity contribution in [3.8, 4) is 5.75 Å². The lowest BCUT2D eigenvalue weighted by molar-refractivity contribution is 0.414. The van der Waals surface area contributed by atoms with Crippen LogP contribution >= 0.6 is 0 Å². The molecule has 0 radical (unpaired) electrons. The highest BCUT2D eigenvalue weighted by atomic mass is 16.5. The average molecular weight is 348 g/mol. The summed E-state index contributed by atoms with van der Waals surface area (Å²) in [6, 6.07) is 18.3. The lowest BCUT2D eigenvalue weighted by Gasteiger charge is -2.09. The van der Waals surface area contributed by atoms with E-state index in [4.69, 9.17) is 4.74 Å². The number of nitrogens with one attached hydrogen (secondary N) is 2. The van der Waals surface area contributed by atoms with Crippen molar-refractivity contribution >= 4 is 17.5 Å². The van der Waals surface area contributed by atoms with Crippen LogP contribution in [0.3, 0.4) is 0 Å². The van der Waals surface area contributed by atoms with Crippen LogP contribution in [0.25, 0.3) is 0 Å². The topological polar surface area (TPSA) is 59.1 Å². The Morgan fingerprint density at radius 1 is 1.00 bits per heavy atom. The summed E-state index contributed by atoms with van der Waals surface area (Å²) in [4.78, 5) is 8.80. The fraction of sp³-hybridized carbons (Fsp3) is 0.238. The number of anilines is 3. The van der Waals surface area contributed by atoms with Crippen LogP contribution < -0.4 is 15.4 Å². The zero-order chi connectivity index (χ0) is 18.2. The maximum Gasteiger partial charge on any atom is 0.224 e. The quantitative estimate of drug-likeness (QED) is 0.630. The molecule has 0 saturated heterocycles. The molecular weight excluding hydrogens is 324 g/mol. The van der Waals surface area contributed by atoms with E-state index in [9.17, 15) is 0 Å². The molecule has 0 saturated carbocycles. The van der Waals surface area contributed by atoms with Crippen LogP contribution in [0.1, 0.15) is 18.1 Å². The Bertz CT molecular complexity index is 833. The van der Waals surface area contributed by atoms with Crippen molar-refractivity contribution in [1.29, 1.82) is 0 Å². The Balaban J connectivity index is 1.56. The average Bonchev–Trinajstić information content (AvgIpc) is 2.69. The Labute approximate surface area is 154 Å². The number of hydrogen-bond acceptors (Lipinski definition) is 5. The molecule has 0 fully saturated rings. The Hall–Kier alpha value is -3.08. The van der Waals surface area contributed by atoms with E-state index in [1.54, 1.807) is 13.3 Å². The van der Waals surface area contributed by atoms with Gasteiger partial charge in [-0.3, -0.25) is 0 Å². The largest absolute Gasteiger partial charge is 0.497 e. The van der Waals surface area contributed by atoms with Crippen molar-refractivity contribution in [3.63, 3.8) is 0 Å². The Morgan fingerprint density at radius 2 is 1.85 bits per heavy atom. The minimum Gasteiger partial charge on any atom is -0.497 e. The lowest BCUT2D eigenvalue weighted by atomic mass is 10.1. The number of aryl methyl sites for hydroxylation is 1. The van der Waals surface area contributed by atoms with E-state index in [0.717, 1.165) is 36.6 Å². The highest BCUT2D eigenvalue weighted by Crippen LogP contribution is 2.17. The smallest absolute Gasteiger partial charge is 0.224 e. The van der Waals surface area contributed by atoms with E-state index in [2.05, 4.69) is 57.9 Å². The van der Waals surface area contributed by atoms with Gasteiger partial charge in [-0.25, -0.2) is 4.98 Å². The van der Waals surface area contributed by atoms with Gasteiger partial charge in [-0.1, -0.05) is 31.2 Å². The molecule has 1 aromatic heterocycles. The van der Waals surface area contributed by atoms with Gasteiger partial charge in [-0.05, 0) is 54.3 Å². The number of ether oxygens (including phenoxy) is 1. The molecule has 1 heterocycles. The van der Waals surface area contributed by atoms with Crippen LogP contribution in [-0.2, 0) is 12.8 Å². The molecule has 0 aliphatic carbocycles. The first kappa shape index (κ1) is 17.7. The van der Waals surface area contributed by atoms with Crippen molar-refractivity contribution in [2.24, 2.45) is 0 Å². The minimum absolute atomic E-state index is 0.614. The number of benzene rings is 2. The van der Waals surface area contributed by atoms with Gasteiger partial charge in [0.05, 0.1) is 7.11 Å². The summed E-state index contributed by atoms with van der Waals surface area (Å²) in [6.07, 6.45) is 3.66. The zero-order valence-corrected chi connectivity index (χ0v) is 15.2. The summed E-state index contributed by atoms with van der Waals surface area (Å²) in [7, 11) is 1.68. The van der Waals surface area contributed by atoms with Gasteiger partial charge in [0.1, 0.15) is 11.6 Å². The first-order valence-corrected chi connectivity index (χ1v) is 8.82. The molecular formula is C21H24N4O. The summed E-state index contributed by atoms with van der Waals surface area (Å²) in [5, 5.41) is 6.58. The first-order chi connectivity index (χ1) is 12.8. The molecule has 0 aliphatic heterocycles. The van der Waals surface area contributed by atoms with E-state index in [0.29, 0.717) is 5.95 Å². The maximum atomic E-state index is 5.25. The number of rotatable bonds is 8. The summed E-state index contributed by atoms with van der Waals surface area (Å²) in [5.41, 5.74) is 3.54. The second-order valence-electron chi connectivity index (χ2n) is 5.97. The molecule has 0 amide bonds. The predicted octanol–water partition coefficient (Wildman–Crippen LogP) is 4.45. The predicted molar refractivity (Wildman–Crippen MR) is 106 cm³/mol. The highest BCUT2D eigenvalue weighted by Gasteiger charge is 2.01. The SMILES string of the molecule is CCc1ccc(Nc2ccnc(NCCc3cccc(OC)c3)n2)cc1. The third-order valence-corrected chi connectivity index (χ3v) is 4.12. The molecule has 5 heteroatoms. The monoisotopic (exact) mass is 348 g/mol. The molecule has 2 aromatic carbocycles. The van der Waals surface area contributed by atoms with Gasteiger partial charge in [0.25, 0.3) is 0 Å². The third-order valence-electron chi connectivity index (χ3n) is 4.12. The normalized spacial score (nSPS) is 10.4. The Morgan fingerprint density at radius 3 is 2.62 bits per heavy atom. The standard InChI is InChI=1S/C21H24N4O/c1-3-16-7-9-18(10-8-16)24-20-12-14-23-21(25-20)22-13-11-17-5-4-6-19(15-17)26-2/h4-10,12,14-15H,3,11,13H2,1-2H3,(H2,22,23,24,25). The molecule has 134 valence electrons. The summed E-state index contributed by atoms with van der Waals surface area (Å²) < 4.78 is 5.25. The maximum absolute atomic E-state index is 5.25. The number of aromatic nitrogens is 2. The second kappa shape index (κ2) is 8.85. The second-order valence-corrected chi connectivity index (χ2v) is 5.97. The number of hydrogen-bond donors (Lipinski definition) is 2. The molecule has 2 N–H and O–H groups in total. The van der Waals surface area contributed by atoms with Crippen molar-refractivity contribution < 1.29 is 4.74 Å². The van der Waals surface area contributed by atoms with Crippen LogP contribution in [0, 0.1) is 0 Å². The van der Waals surface area contributed by atoms with Crippen LogP contribution in [0.4, 0.5) is 17.5 Å². The minimum atomic E-state index is 0.614. The van der Waals surface area contributed by atoms with Crippen LogP contribution in [0.5, 0.6) is 5.75 Å². The van der Waals surface area contributed by atoms with Crippen molar-refractivity contribution in [3.05, 3.63) is 71.9 Å². The van der Waals surface area contributed by atoms with Gasteiger partial charge >= 0.3 is 0 Å². The van der Waals surface area contributed by atoms with E-state index >= 15 is 0 Å². The summed E-state index contributed by atoms with van der Waals surface area (Å²) >= 11 is 0. The summed E-state index contributed by atoms with van der Waals surface area (Å²) in [6.45, 7) is 2.90. The molecule has 0 bridgehead atoms. The molecule has 0 spiro atoms. The van der Waals surface area contributed by atoms with Crippen molar-refractivity contribution in [2.45, 2.75) is 19.8 Å². The van der Waals surface area contributed by atoms with Crippen LogP contribution in [-0.4, -0.2) is 23.6 Å². The van der Waals surface area contributed by atoms with Gasteiger partial charge < -0.3 is 15.4 Å². The van der Waals surface area contributed by atoms with Gasteiger partial charge in [0.15, 0.2) is 0 Å². The highest BCUT2D eigenvalue weighted by molar-refractivity contribution is 5.57. The number of nitrogens with zero attached hydrogens (tertiary/aromatic N) is 2. The van der Waals surface area contributed by atoms with Crippen molar-refractivity contribution in [2.75, 3.05) is 24.3 Å². The van der Waals surface area contributed by atoms with Gasteiger partial charge in [-0.2, -0.15) is 4.98 Å². The van der Waals surface area contributed by atoms with E-state index < -0.39 is 0 Å². The molecule has 0 unspecified atom stereocenters. The molecule has 3 rings (SSSR count). The summed E-state index contributed by atoms with van der Waals surface area (Å²) in [5.74, 6) is 2.26. The zero-order valence-electron chi connectivity index (χ0n) is 15.2. The van der Waals surface area contributed by atoms with E-state index in [1.165, 1.54) is 11.1 Å². The van der Waals surface area contributed by atoms with Gasteiger partial charge in [0, 0.05) is 18.4 Å². The molecule has 0 aliphatic rings. The molecule has 26 heavy (non-hydrogen) atoms. The first-order valence-electron chi connectivity index (χ1n) is 8.82. The lowest BCUT2D eigenvalue weighted by Crippen LogP contribution is -2.08. The fourth-order valence-electron chi connectivity index (χ4n) is 2.63. The van der Waals surface area contributed by atoms with Gasteiger partial charge in [0.2, 0.25) is 5.95 Å². The fourth-order valence-corrected chi connectivity index (χ4v) is 2.63. The number of methoxy groups -OCH3 is 1. The third kappa shape index (κ3) is 4.96. The van der Waals surface area contributed by atoms with Crippen LogP contribution in [0.15, 0.2) is 60.8 Å². The Kier molecular flexibility index (Phi) is 6.04. The molecule has 5 nitrogen and oxygen atoms in total. The molecule has 0 atom stereocenters.